The third-order valence-corrected chi connectivity index (χ3v) is 7.38. The molecule has 11 heteroatoms. The molecule has 4 heterocycles. The number of aryl methyl sites for hydroxylation is 1. The summed E-state index contributed by atoms with van der Waals surface area (Å²) in [5.74, 6) is -3.34. The number of fused-ring (bicyclic) bond motifs is 1. The Morgan fingerprint density at radius 2 is 1.62 bits per heavy atom. The van der Waals surface area contributed by atoms with E-state index >= 15 is 0 Å². The Morgan fingerprint density at radius 1 is 0.923 bits per heavy atom. The zero-order chi connectivity index (χ0) is 27.9. The van der Waals surface area contributed by atoms with Crippen LogP contribution < -0.4 is 5.56 Å². The van der Waals surface area contributed by atoms with E-state index in [2.05, 4.69) is 19.9 Å². The minimum absolute atomic E-state index is 0.0458. The highest BCUT2D eigenvalue weighted by Gasteiger charge is 2.35. The maximum absolute atomic E-state index is 14.2. The average Bonchev–Trinajstić information content (AvgIpc) is 2.90. The Kier molecular flexibility index (Phi) is 6.94. The van der Waals surface area contributed by atoms with Crippen molar-refractivity contribution in [1.82, 2.24) is 24.5 Å². The first-order valence-corrected chi connectivity index (χ1v) is 12.6. The van der Waals surface area contributed by atoms with Crippen LogP contribution in [0, 0.1) is 6.92 Å². The SMILES string of the molecule is Cc1cnc2cc(C3CCC(c4cnccc4C(C)(F)F)CC3)c(=O)n(Cc3ncccc3C(F)(F)F)c2n1. The molecule has 0 atom stereocenters. The van der Waals surface area contributed by atoms with Gasteiger partial charge >= 0.3 is 6.18 Å². The molecule has 6 nitrogen and oxygen atoms in total. The lowest BCUT2D eigenvalue weighted by atomic mass is 9.75. The van der Waals surface area contributed by atoms with E-state index in [9.17, 15) is 26.7 Å². The van der Waals surface area contributed by atoms with Gasteiger partial charge in [-0.15, -0.1) is 0 Å². The van der Waals surface area contributed by atoms with Crippen LogP contribution in [0.3, 0.4) is 0 Å². The van der Waals surface area contributed by atoms with Crippen LogP contribution in [0.5, 0.6) is 0 Å². The molecule has 0 bridgehead atoms. The minimum atomic E-state index is -4.64. The van der Waals surface area contributed by atoms with Crippen LogP contribution in [-0.2, 0) is 18.6 Å². The second-order valence-electron chi connectivity index (χ2n) is 10.1. The summed E-state index contributed by atoms with van der Waals surface area (Å²) in [6.45, 7) is 2.13. The first-order valence-electron chi connectivity index (χ1n) is 12.6. The van der Waals surface area contributed by atoms with Crippen LogP contribution in [0.15, 0.2) is 53.8 Å². The maximum Gasteiger partial charge on any atom is 0.418 e. The summed E-state index contributed by atoms with van der Waals surface area (Å²) >= 11 is 0. The molecule has 0 amide bonds. The predicted molar refractivity (Wildman–Crippen MR) is 135 cm³/mol. The Balaban J connectivity index is 1.51. The molecule has 4 aromatic heterocycles. The van der Waals surface area contributed by atoms with Crippen LogP contribution in [0.4, 0.5) is 22.0 Å². The van der Waals surface area contributed by atoms with Crippen molar-refractivity contribution in [2.75, 3.05) is 0 Å². The van der Waals surface area contributed by atoms with E-state index in [-0.39, 0.29) is 28.7 Å². The Bertz CT molecular complexity index is 1570. The number of rotatable bonds is 5. The molecule has 1 aliphatic carbocycles. The lowest BCUT2D eigenvalue weighted by Gasteiger charge is -2.30. The molecule has 1 saturated carbocycles. The second-order valence-corrected chi connectivity index (χ2v) is 10.1. The van der Waals surface area contributed by atoms with Crippen LogP contribution >= 0.6 is 0 Å². The molecule has 4 aromatic rings. The third kappa shape index (κ3) is 5.39. The smallest absolute Gasteiger partial charge is 0.285 e. The molecule has 0 spiro atoms. The molecule has 0 radical (unpaired) electrons. The highest BCUT2D eigenvalue weighted by molar-refractivity contribution is 5.71. The molecule has 39 heavy (non-hydrogen) atoms. The summed E-state index contributed by atoms with van der Waals surface area (Å²) in [6.07, 6.45) is 3.22. The topological polar surface area (TPSA) is 73.6 Å². The van der Waals surface area contributed by atoms with Gasteiger partial charge in [0.05, 0.1) is 23.5 Å². The molecule has 0 N–H and O–H groups in total. The number of alkyl halides is 5. The fourth-order valence-electron chi connectivity index (χ4n) is 5.49. The molecule has 204 valence electrons. The van der Waals surface area contributed by atoms with Gasteiger partial charge in [-0.05, 0) is 74.3 Å². The van der Waals surface area contributed by atoms with E-state index < -0.39 is 29.8 Å². The van der Waals surface area contributed by atoms with Gasteiger partial charge in [0.1, 0.15) is 5.52 Å². The van der Waals surface area contributed by atoms with Crippen molar-refractivity contribution >= 4 is 11.2 Å². The number of halogens is 5. The summed E-state index contributed by atoms with van der Waals surface area (Å²) in [4.78, 5) is 30.6. The molecular formula is C28H26F5N5O. The zero-order valence-electron chi connectivity index (χ0n) is 21.3. The van der Waals surface area contributed by atoms with Crippen LogP contribution in [0.1, 0.15) is 78.1 Å². The van der Waals surface area contributed by atoms with Gasteiger partial charge < -0.3 is 0 Å². The Labute approximate surface area is 221 Å². The maximum atomic E-state index is 14.2. The van der Waals surface area contributed by atoms with Gasteiger partial charge in [-0.2, -0.15) is 13.2 Å². The van der Waals surface area contributed by atoms with E-state index in [1.165, 1.54) is 41.5 Å². The molecule has 0 saturated heterocycles. The number of nitrogens with zero attached hydrogens (tertiary/aromatic N) is 5. The van der Waals surface area contributed by atoms with Crippen molar-refractivity contribution in [2.24, 2.45) is 0 Å². The highest BCUT2D eigenvalue weighted by atomic mass is 19.4. The van der Waals surface area contributed by atoms with Crippen molar-refractivity contribution in [2.45, 2.75) is 70.0 Å². The molecule has 0 aliphatic heterocycles. The van der Waals surface area contributed by atoms with E-state index in [0.29, 0.717) is 48.0 Å². The van der Waals surface area contributed by atoms with Crippen molar-refractivity contribution < 1.29 is 22.0 Å². The van der Waals surface area contributed by atoms with Crippen molar-refractivity contribution in [3.05, 3.63) is 93.0 Å². The lowest BCUT2D eigenvalue weighted by molar-refractivity contribution is -0.138. The van der Waals surface area contributed by atoms with Gasteiger partial charge in [-0.1, -0.05) is 0 Å². The fraction of sp³-hybridized carbons (Fsp3) is 0.393. The van der Waals surface area contributed by atoms with E-state index in [0.717, 1.165) is 13.0 Å². The number of aromatic nitrogens is 5. The Morgan fingerprint density at radius 3 is 2.28 bits per heavy atom. The lowest BCUT2D eigenvalue weighted by Crippen LogP contribution is -2.29. The van der Waals surface area contributed by atoms with Gasteiger partial charge in [0.25, 0.3) is 11.5 Å². The average molecular weight is 544 g/mol. The molecule has 5 rings (SSSR count). The Hall–Kier alpha value is -3.76. The molecule has 0 aromatic carbocycles. The van der Waals surface area contributed by atoms with Gasteiger partial charge in [0, 0.05) is 42.8 Å². The van der Waals surface area contributed by atoms with Crippen LogP contribution in [0.2, 0.25) is 0 Å². The molecule has 1 fully saturated rings. The van der Waals surface area contributed by atoms with E-state index in [4.69, 9.17) is 0 Å². The van der Waals surface area contributed by atoms with Gasteiger partial charge in [0.15, 0.2) is 5.65 Å². The third-order valence-electron chi connectivity index (χ3n) is 7.38. The summed E-state index contributed by atoms with van der Waals surface area (Å²) in [5, 5.41) is 0. The summed E-state index contributed by atoms with van der Waals surface area (Å²) in [6, 6.07) is 5.14. The summed E-state index contributed by atoms with van der Waals surface area (Å²) in [5.41, 5.74) is 0.316. The highest BCUT2D eigenvalue weighted by Crippen LogP contribution is 2.43. The van der Waals surface area contributed by atoms with Crippen molar-refractivity contribution in [3.8, 4) is 0 Å². The monoisotopic (exact) mass is 543 g/mol. The number of pyridine rings is 3. The normalized spacial score (nSPS) is 18.4. The van der Waals surface area contributed by atoms with E-state index in [1.54, 1.807) is 13.0 Å². The number of hydrogen-bond acceptors (Lipinski definition) is 5. The standard InChI is InChI=1S/C28H26F5N5O/c1-16-13-36-23-12-19(17-5-7-18(8-6-17)20-14-34-11-9-21(20)27(2,29)30)26(39)38(25(23)37-16)15-24-22(28(31,32)33)4-3-10-35-24/h3-4,9-14,17-18H,5-8,15H2,1-2H3. The summed E-state index contributed by atoms with van der Waals surface area (Å²) in [7, 11) is 0. The van der Waals surface area contributed by atoms with Gasteiger partial charge in [-0.3, -0.25) is 24.3 Å². The van der Waals surface area contributed by atoms with Crippen LogP contribution in [-0.4, -0.2) is 24.5 Å². The van der Waals surface area contributed by atoms with Gasteiger partial charge in [-0.25, -0.2) is 13.8 Å². The minimum Gasteiger partial charge on any atom is -0.285 e. The van der Waals surface area contributed by atoms with Crippen molar-refractivity contribution in [1.29, 1.82) is 0 Å². The fourth-order valence-corrected chi connectivity index (χ4v) is 5.49. The molecule has 0 unspecified atom stereocenters. The first-order chi connectivity index (χ1) is 18.4. The van der Waals surface area contributed by atoms with Gasteiger partial charge in [0.2, 0.25) is 0 Å². The van der Waals surface area contributed by atoms with Crippen LogP contribution in [0.25, 0.3) is 11.2 Å². The number of hydrogen-bond donors (Lipinski definition) is 0. The van der Waals surface area contributed by atoms with Crippen molar-refractivity contribution in [3.63, 3.8) is 0 Å². The predicted octanol–water partition coefficient (Wildman–Crippen LogP) is 6.51. The first kappa shape index (κ1) is 26.8. The zero-order valence-corrected chi connectivity index (χ0v) is 21.3. The summed E-state index contributed by atoms with van der Waals surface area (Å²) < 4.78 is 70.6. The molecular weight excluding hydrogens is 517 g/mol. The quantitative estimate of drug-likeness (QED) is 0.268. The van der Waals surface area contributed by atoms with E-state index in [1.807, 2.05) is 0 Å². The molecule has 1 aliphatic rings. The second kappa shape index (κ2) is 10.1. The largest absolute Gasteiger partial charge is 0.418 e.